The molecule has 0 saturated carbocycles. The molecule has 0 aliphatic rings. The molecule has 4 heterocycles. The standard InChI is InChI=1S/C57H76N12O30/c1-3-8-34(70)27-94-40(76)12-18-61-46(82)58-48(84)63(52(61)88)20-14-42(78)96-29-36(72)24-67-55(91)68(25-37(73)30-97-43(79)15-21-64-49(85)59-47(83)62(53(64)89)19-13-41(77)95-28-35(71)9-4-2)57(93)69(56(67)92)26-38(74)31-98-44(80)16-22-65-50(86)60-51(87)66(54(65)90)23-17-45(81)99-32-39(75)33-10-6-5-7-11-33/h5-7,10-11,34-39,70-75H,3-4,8-9,12-32H2,1-2H3,(H,58,82,84)(H,59,83,85)(H,60,86,87). The minimum Gasteiger partial charge on any atom is -0.463 e. The molecular weight excluding hydrogens is 1330 g/mol. The fourth-order valence-corrected chi connectivity index (χ4v) is 9.14. The quantitative estimate of drug-likeness (QED) is 0.0130. The minimum absolute atomic E-state index is 0.159. The number of aliphatic hydroxyl groups excluding tert-OH is 6. The molecule has 0 spiro atoms. The topological polar surface area (TPSA) is 576 Å². The SMILES string of the molecule is CCCC(O)COC(=O)CCn1c(=O)[nH]c(=O)n(CCC(=O)OCC(O)Cn2c(=O)n(CC(O)COC(=O)CCn3c(=O)[nH]c(=O)n(CCC(=O)OCC(O)CCC)c3=O)c(=O)n(CC(O)COC(=O)CCn3c(=O)[nH]c(=O)n(CCC(=O)OCC(O)c4ccccc4)c3=O)c2=O)c1=O. The number of H-pyrrole nitrogens is 3. The lowest BCUT2D eigenvalue weighted by Gasteiger charge is -2.19. The number of ether oxygens (including phenoxy) is 6. The van der Waals surface area contributed by atoms with Crippen LogP contribution in [0.15, 0.2) is 87.9 Å². The summed E-state index contributed by atoms with van der Waals surface area (Å²) in [6.07, 6.45) is -11.5. The van der Waals surface area contributed by atoms with Crippen molar-refractivity contribution >= 4 is 35.8 Å². The first-order valence-electron chi connectivity index (χ1n) is 30.8. The molecule has 5 aromatic rings. The molecule has 0 aliphatic carbocycles. The molecule has 99 heavy (non-hydrogen) atoms. The van der Waals surface area contributed by atoms with Crippen LogP contribution in [0.4, 0.5) is 0 Å². The molecule has 5 rings (SSSR count). The second-order valence-electron chi connectivity index (χ2n) is 22.0. The highest BCUT2D eigenvalue weighted by molar-refractivity contribution is 5.71. The van der Waals surface area contributed by atoms with Crippen molar-refractivity contribution < 1.29 is 87.8 Å². The maximum atomic E-state index is 13.9. The maximum Gasteiger partial charge on any atom is 0.336 e. The summed E-state index contributed by atoms with van der Waals surface area (Å²) < 4.78 is 33.0. The molecule has 0 radical (unpaired) electrons. The number of rotatable bonds is 41. The summed E-state index contributed by atoms with van der Waals surface area (Å²) in [5.74, 6) is -6.44. The number of esters is 6. The van der Waals surface area contributed by atoms with Crippen LogP contribution in [0.25, 0.3) is 0 Å². The monoisotopic (exact) mass is 1410 g/mol. The van der Waals surface area contributed by atoms with Crippen molar-refractivity contribution in [3.63, 3.8) is 0 Å². The molecule has 42 heteroatoms. The Labute approximate surface area is 553 Å². The van der Waals surface area contributed by atoms with Crippen molar-refractivity contribution in [2.75, 3.05) is 39.6 Å². The van der Waals surface area contributed by atoms with E-state index < -0.39 is 265 Å². The molecule has 0 amide bonds. The van der Waals surface area contributed by atoms with Gasteiger partial charge in [0, 0.05) is 39.3 Å². The van der Waals surface area contributed by atoms with E-state index in [0.29, 0.717) is 58.6 Å². The Hall–Kier alpha value is -10.6. The summed E-state index contributed by atoms with van der Waals surface area (Å²) in [7, 11) is 0. The van der Waals surface area contributed by atoms with E-state index in [2.05, 4.69) is 0 Å². The summed E-state index contributed by atoms with van der Waals surface area (Å²) in [6.45, 7) is -8.37. The number of aromatic nitrogens is 12. The van der Waals surface area contributed by atoms with E-state index >= 15 is 0 Å². The first-order valence-corrected chi connectivity index (χ1v) is 30.8. The molecule has 4 aromatic heterocycles. The summed E-state index contributed by atoms with van der Waals surface area (Å²) in [5.41, 5.74) is -15.7. The normalized spacial score (nSPS) is 13.1. The van der Waals surface area contributed by atoms with E-state index in [0.717, 1.165) is 0 Å². The van der Waals surface area contributed by atoms with Gasteiger partial charge in [-0.25, -0.2) is 98.6 Å². The number of aromatic amines is 3. The van der Waals surface area contributed by atoms with Gasteiger partial charge in [0.25, 0.3) is 0 Å². The van der Waals surface area contributed by atoms with Crippen LogP contribution < -0.4 is 68.3 Å². The zero-order valence-corrected chi connectivity index (χ0v) is 53.5. The van der Waals surface area contributed by atoms with Gasteiger partial charge in [-0.05, 0) is 18.4 Å². The molecular formula is C57H76N12O30. The predicted octanol–water partition coefficient (Wildman–Crippen LogP) is -8.95. The molecule has 0 fully saturated rings. The number of benzene rings is 1. The Morgan fingerprint density at radius 2 is 0.535 bits per heavy atom. The molecule has 42 nitrogen and oxygen atoms in total. The molecule has 1 aromatic carbocycles. The number of hydrogen-bond donors (Lipinski definition) is 9. The first kappa shape index (κ1) is 79.1. The Balaban J connectivity index is 1.27. The van der Waals surface area contributed by atoms with E-state index in [1.165, 1.54) is 0 Å². The Morgan fingerprint density at radius 1 is 0.323 bits per heavy atom. The molecule has 544 valence electrons. The fraction of sp³-hybridized carbons (Fsp3) is 0.579. The van der Waals surface area contributed by atoms with Gasteiger partial charge >= 0.3 is 104 Å². The van der Waals surface area contributed by atoms with Crippen LogP contribution in [0, 0.1) is 0 Å². The van der Waals surface area contributed by atoms with Crippen LogP contribution in [0.2, 0.25) is 0 Å². The largest absolute Gasteiger partial charge is 0.463 e. The number of carbonyl (C=O) groups excluding carboxylic acids is 6. The number of nitrogens with one attached hydrogen (secondary N) is 3. The zero-order valence-electron chi connectivity index (χ0n) is 53.5. The highest BCUT2D eigenvalue weighted by atomic mass is 16.6. The van der Waals surface area contributed by atoms with E-state index in [-0.39, 0.29) is 26.9 Å². The number of hydrogen-bond acceptors (Lipinski definition) is 30. The summed E-state index contributed by atoms with van der Waals surface area (Å²) >= 11 is 0. The Bertz CT molecular complexity index is 4230. The number of nitrogens with zero attached hydrogens (tertiary/aromatic N) is 9. The second-order valence-corrected chi connectivity index (χ2v) is 22.0. The highest BCUT2D eigenvalue weighted by Gasteiger charge is 2.25. The molecule has 0 saturated heterocycles. The van der Waals surface area contributed by atoms with E-state index in [4.69, 9.17) is 28.4 Å². The van der Waals surface area contributed by atoms with Crippen LogP contribution in [0.1, 0.15) is 89.7 Å². The van der Waals surface area contributed by atoms with Gasteiger partial charge in [-0.1, -0.05) is 57.0 Å². The molecule has 0 aliphatic heterocycles. The van der Waals surface area contributed by atoms with Gasteiger partial charge in [0.15, 0.2) is 0 Å². The maximum absolute atomic E-state index is 13.9. The summed E-state index contributed by atoms with van der Waals surface area (Å²) in [4.78, 5) is 238. The van der Waals surface area contributed by atoms with Gasteiger partial charge in [0.2, 0.25) is 0 Å². The first-order chi connectivity index (χ1) is 46.9. The van der Waals surface area contributed by atoms with Gasteiger partial charge in [-0.3, -0.25) is 43.7 Å². The van der Waals surface area contributed by atoms with E-state index in [1.807, 2.05) is 15.0 Å². The van der Waals surface area contributed by atoms with Crippen LogP contribution in [-0.4, -0.2) is 193 Å². The lowest BCUT2D eigenvalue weighted by molar-refractivity contribution is -0.148. The van der Waals surface area contributed by atoms with E-state index in [1.54, 1.807) is 44.2 Å². The van der Waals surface area contributed by atoms with E-state index in [9.17, 15) is 117 Å². The Morgan fingerprint density at radius 3 is 0.768 bits per heavy atom. The lowest BCUT2D eigenvalue weighted by Crippen LogP contribution is -2.57. The molecule has 6 unspecified atom stereocenters. The van der Waals surface area contributed by atoms with Gasteiger partial charge in [0.1, 0.15) is 64.1 Å². The second kappa shape index (κ2) is 38.4. The molecule has 6 atom stereocenters. The molecule has 0 bridgehead atoms. The average Bonchev–Trinajstić information content (AvgIpc) is 0.788. The third-order valence-electron chi connectivity index (χ3n) is 14.3. The van der Waals surface area contributed by atoms with Crippen molar-refractivity contribution in [1.82, 2.24) is 56.1 Å². The van der Waals surface area contributed by atoms with Crippen molar-refractivity contribution in [2.24, 2.45) is 0 Å². The van der Waals surface area contributed by atoms with Gasteiger partial charge < -0.3 is 59.1 Å². The predicted molar refractivity (Wildman–Crippen MR) is 331 cm³/mol. The summed E-state index contributed by atoms with van der Waals surface area (Å²) in [6, 6.07) is 8.13. The van der Waals surface area contributed by atoms with Crippen LogP contribution in [-0.2, 0) is 116 Å². The van der Waals surface area contributed by atoms with Crippen molar-refractivity contribution in [3.8, 4) is 0 Å². The van der Waals surface area contributed by atoms with Crippen LogP contribution >= 0.6 is 0 Å². The number of aliphatic hydroxyl groups is 6. The van der Waals surface area contributed by atoms with Crippen LogP contribution in [0.5, 0.6) is 0 Å². The zero-order chi connectivity index (χ0) is 73.2. The van der Waals surface area contributed by atoms with Crippen LogP contribution in [0.3, 0.4) is 0 Å². The summed E-state index contributed by atoms with van der Waals surface area (Å²) in [5, 5.41) is 62.9. The highest BCUT2D eigenvalue weighted by Crippen LogP contribution is 2.13. The molecule has 9 N–H and O–H groups in total. The third-order valence-corrected chi connectivity index (χ3v) is 14.3. The fourth-order valence-electron chi connectivity index (χ4n) is 9.14. The smallest absolute Gasteiger partial charge is 0.336 e. The van der Waals surface area contributed by atoms with Gasteiger partial charge in [0.05, 0.1) is 70.4 Å². The number of carbonyl (C=O) groups is 6. The van der Waals surface area contributed by atoms with Gasteiger partial charge in [-0.2, -0.15) is 0 Å². The van der Waals surface area contributed by atoms with Crippen molar-refractivity contribution in [3.05, 3.63) is 162 Å². The van der Waals surface area contributed by atoms with Crippen molar-refractivity contribution in [2.45, 2.75) is 174 Å². The van der Waals surface area contributed by atoms with Crippen molar-refractivity contribution in [1.29, 1.82) is 0 Å². The lowest BCUT2D eigenvalue weighted by atomic mass is 10.1. The van der Waals surface area contributed by atoms with Gasteiger partial charge in [-0.15, -0.1) is 0 Å². The third kappa shape index (κ3) is 23.9. The Kier molecular flexibility index (Phi) is 30.7. The average molecular weight is 1410 g/mol. The minimum atomic E-state index is -2.05.